The highest BCUT2D eigenvalue weighted by Crippen LogP contribution is 2.33. The summed E-state index contributed by atoms with van der Waals surface area (Å²) in [4.78, 5) is 33.4. The zero-order valence-electron chi connectivity index (χ0n) is 18.4. The number of anilines is 1. The van der Waals surface area contributed by atoms with Gasteiger partial charge in [-0.1, -0.05) is 17.8 Å². The summed E-state index contributed by atoms with van der Waals surface area (Å²) < 4.78 is 28.9. The van der Waals surface area contributed by atoms with Crippen LogP contribution in [0, 0.1) is 11.6 Å². The van der Waals surface area contributed by atoms with Crippen molar-refractivity contribution in [3.05, 3.63) is 59.9 Å². The van der Waals surface area contributed by atoms with E-state index in [1.165, 1.54) is 21.8 Å². The molecule has 0 radical (unpaired) electrons. The topological polar surface area (TPSA) is 80.0 Å². The summed E-state index contributed by atoms with van der Waals surface area (Å²) in [5, 5.41) is 8.13. The smallest absolute Gasteiger partial charge is 0.332 e. The van der Waals surface area contributed by atoms with Crippen LogP contribution in [0.5, 0.6) is 0 Å². The molecule has 0 spiro atoms. The third-order valence-electron chi connectivity index (χ3n) is 5.24. The van der Waals surface area contributed by atoms with E-state index in [-0.39, 0.29) is 24.3 Å². The Morgan fingerprint density at radius 1 is 1.28 bits per heavy atom. The SMILES string of the molecule is C=C(Cn1cc(N2C(=O)N(Cc3ccc(F)cc3F)C(C)(C)C2=O)cn1)C(C)=NOCC. The number of rotatable bonds is 8. The minimum Gasteiger partial charge on any atom is -0.396 e. The number of amides is 3. The van der Waals surface area contributed by atoms with Gasteiger partial charge < -0.3 is 9.74 Å². The number of allylic oxidation sites excluding steroid dienone is 1. The number of hydrogen-bond acceptors (Lipinski definition) is 5. The number of imide groups is 1. The van der Waals surface area contributed by atoms with Gasteiger partial charge in [-0.3, -0.25) is 9.48 Å². The van der Waals surface area contributed by atoms with Crippen LogP contribution >= 0.6 is 0 Å². The highest BCUT2D eigenvalue weighted by atomic mass is 19.1. The van der Waals surface area contributed by atoms with Crippen molar-refractivity contribution in [2.75, 3.05) is 11.5 Å². The first-order valence-corrected chi connectivity index (χ1v) is 10.0. The van der Waals surface area contributed by atoms with Gasteiger partial charge in [0.25, 0.3) is 5.91 Å². The van der Waals surface area contributed by atoms with E-state index in [1.54, 1.807) is 27.0 Å². The fourth-order valence-electron chi connectivity index (χ4n) is 3.24. The zero-order chi connectivity index (χ0) is 23.6. The molecule has 0 aliphatic carbocycles. The van der Waals surface area contributed by atoms with Crippen LogP contribution in [0.4, 0.5) is 19.3 Å². The van der Waals surface area contributed by atoms with Crippen LogP contribution in [0.15, 0.2) is 47.9 Å². The molecule has 1 fully saturated rings. The molecule has 0 unspecified atom stereocenters. The minimum atomic E-state index is -1.23. The van der Waals surface area contributed by atoms with Crippen molar-refractivity contribution in [3.8, 4) is 0 Å². The number of carbonyl (C=O) groups excluding carboxylic acids is 2. The third-order valence-corrected chi connectivity index (χ3v) is 5.24. The van der Waals surface area contributed by atoms with Crippen LogP contribution in [0.3, 0.4) is 0 Å². The van der Waals surface area contributed by atoms with Crippen LogP contribution in [0.2, 0.25) is 0 Å². The van der Waals surface area contributed by atoms with Crippen LogP contribution < -0.4 is 4.90 Å². The van der Waals surface area contributed by atoms with Gasteiger partial charge >= 0.3 is 6.03 Å². The number of halogens is 2. The van der Waals surface area contributed by atoms with E-state index in [4.69, 9.17) is 4.84 Å². The number of benzene rings is 1. The molecule has 3 rings (SSSR count). The van der Waals surface area contributed by atoms with Crippen molar-refractivity contribution < 1.29 is 23.2 Å². The second-order valence-electron chi connectivity index (χ2n) is 7.90. The summed E-state index contributed by atoms with van der Waals surface area (Å²) in [6.45, 7) is 11.2. The molecule has 0 atom stereocenters. The average molecular weight is 445 g/mol. The summed E-state index contributed by atoms with van der Waals surface area (Å²) in [5.41, 5.74) is 0.414. The molecule has 3 amide bonds. The highest BCUT2D eigenvalue weighted by molar-refractivity contribution is 6.22. The van der Waals surface area contributed by atoms with E-state index in [9.17, 15) is 18.4 Å². The van der Waals surface area contributed by atoms with Gasteiger partial charge in [0, 0.05) is 17.8 Å². The summed E-state index contributed by atoms with van der Waals surface area (Å²) in [5.74, 6) is -1.97. The summed E-state index contributed by atoms with van der Waals surface area (Å²) in [6.07, 6.45) is 2.95. The predicted molar refractivity (Wildman–Crippen MR) is 115 cm³/mol. The Kier molecular flexibility index (Phi) is 6.42. The Morgan fingerprint density at radius 2 is 2.00 bits per heavy atom. The first kappa shape index (κ1) is 23.1. The molecule has 0 N–H and O–H groups in total. The molecule has 10 heteroatoms. The number of aromatic nitrogens is 2. The van der Waals surface area contributed by atoms with E-state index >= 15 is 0 Å². The Morgan fingerprint density at radius 3 is 2.66 bits per heavy atom. The van der Waals surface area contributed by atoms with Gasteiger partial charge in [-0.05, 0) is 39.3 Å². The van der Waals surface area contributed by atoms with Gasteiger partial charge in [0.1, 0.15) is 23.8 Å². The lowest BCUT2D eigenvalue weighted by atomic mass is 10.0. The lowest BCUT2D eigenvalue weighted by Crippen LogP contribution is -2.43. The molecule has 1 aliphatic heterocycles. The number of hydrogen-bond donors (Lipinski definition) is 0. The molecule has 1 aromatic carbocycles. The molecule has 1 aromatic heterocycles. The van der Waals surface area contributed by atoms with Crippen LogP contribution in [0.1, 0.15) is 33.3 Å². The maximum Gasteiger partial charge on any atom is 0.332 e. The Labute approximate surface area is 184 Å². The molecule has 0 bridgehead atoms. The first-order valence-electron chi connectivity index (χ1n) is 10.0. The Balaban J connectivity index is 1.81. The second-order valence-corrected chi connectivity index (χ2v) is 7.90. The monoisotopic (exact) mass is 445 g/mol. The van der Waals surface area contributed by atoms with Crippen molar-refractivity contribution in [3.63, 3.8) is 0 Å². The molecule has 0 saturated carbocycles. The van der Waals surface area contributed by atoms with Gasteiger partial charge in [0.15, 0.2) is 0 Å². The van der Waals surface area contributed by atoms with Crippen molar-refractivity contribution >= 4 is 23.3 Å². The lowest BCUT2D eigenvalue weighted by Gasteiger charge is -2.27. The molecule has 2 aromatic rings. The van der Waals surface area contributed by atoms with Gasteiger partial charge in [0.05, 0.1) is 30.7 Å². The van der Waals surface area contributed by atoms with Crippen molar-refractivity contribution in [1.82, 2.24) is 14.7 Å². The van der Waals surface area contributed by atoms with E-state index in [0.717, 1.165) is 17.0 Å². The van der Waals surface area contributed by atoms with Gasteiger partial charge in [-0.25, -0.2) is 18.5 Å². The molecule has 8 nitrogen and oxygen atoms in total. The lowest BCUT2D eigenvalue weighted by molar-refractivity contribution is -0.123. The average Bonchev–Trinajstić information content (AvgIpc) is 3.24. The van der Waals surface area contributed by atoms with Crippen LogP contribution in [-0.2, 0) is 22.7 Å². The van der Waals surface area contributed by atoms with Gasteiger partial charge in [0.2, 0.25) is 0 Å². The minimum absolute atomic E-state index is 0.110. The fourth-order valence-corrected chi connectivity index (χ4v) is 3.24. The quantitative estimate of drug-likeness (QED) is 0.351. The maximum absolute atomic E-state index is 14.2. The third kappa shape index (κ3) is 4.39. The summed E-state index contributed by atoms with van der Waals surface area (Å²) in [6, 6.07) is 2.50. The summed E-state index contributed by atoms with van der Waals surface area (Å²) >= 11 is 0. The Bertz CT molecular complexity index is 1090. The van der Waals surface area contributed by atoms with Gasteiger partial charge in [-0.15, -0.1) is 0 Å². The predicted octanol–water partition coefficient (Wildman–Crippen LogP) is 3.88. The van der Waals surface area contributed by atoms with Crippen molar-refractivity contribution in [2.24, 2.45) is 5.16 Å². The molecule has 1 saturated heterocycles. The number of nitrogens with zero attached hydrogens (tertiary/aromatic N) is 5. The van der Waals surface area contributed by atoms with E-state index in [1.807, 2.05) is 6.92 Å². The van der Waals surface area contributed by atoms with Crippen LogP contribution in [0.25, 0.3) is 0 Å². The number of oxime groups is 1. The standard InChI is InChI=1S/C22H25F2N5O3/c1-6-32-26-15(3)14(2)11-27-13-18(10-25-27)29-20(30)22(4,5)28(21(29)31)12-16-7-8-17(23)9-19(16)24/h7-10,13H,2,6,11-12H2,1,3-5H3. The van der Waals surface area contributed by atoms with E-state index in [2.05, 4.69) is 16.8 Å². The number of urea groups is 1. The molecular weight excluding hydrogens is 420 g/mol. The normalized spacial score (nSPS) is 16.1. The summed E-state index contributed by atoms with van der Waals surface area (Å²) in [7, 11) is 0. The molecule has 2 heterocycles. The van der Waals surface area contributed by atoms with Crippen LogP contribution in [-0.4, -0.2) is 44.5 Å². The molecular formula is C22H25F2N5O3. The largest absolute Gasteiger partial charge is 0.396 e. The van der Waals surface area contributed by atoms with E-state index < -0.39 is 29.1 Å². The van der Waals surface area contributed by atoms with Gasteiger partial charge in [-0.2, -0.15) is 5.10 Å². The van der Waals surface area contributed by atoms with Crippen molar-refractivity contribution in [2.45, 2.75) is 46.3 Å². The number of carbonyl (C=O) groups is 2. The molecule has 32 heavy (non-hydrogen) atoms. The molecule has 1 aliphatic rings. The Hall–Kier alpha value is -3.56. The molecule has 170 valence electrons. The van der Waals surface area contributed by atoms with Crippen molar-refractivity contribution in [1.29, 1.82) is 0 Å². The highest BCUT2D eigenvalue weighted by Gasteiger charge is 2.52. The maximum atomic E-state index is 14.2. The second kappa shape index (κ2) is 8.89. The van der Waals surface area contributed by atoms with E-state index in [0.29, 0.717) is 17.9 Å². The first-order chi connectivity index (χ1) is 15.1. The fraction of sp³-hybridized carbons (Fsp3) is 0.364. The zero-order valence-corrected chi connectivity index (χ0v) is 18.4.